The van der Waals surface area contributed by atoms with Crippen LogP contribution in [0.15, 0.2) is 73.4 Å². The van der Waals surface area contributed by atoms with Crippen molar-refractivity contribution in [1.82, 2.24) is 35.1 Å². The quantitative estimate of drug-likeness (QED) is 0.441. The second kappa shape index (κ2) is 6.81. The molecule has 0 atom stereocenters. The normalized spacial score (nSPS) is 11.4. The minimum absolute atomic E-state index is 0.367. The van der Waals surface area contributed by atoms with E-state index in [4.69, 9.17) is 0 Å². The van der Waals surface area contributed by atoms with Crippen molar-refractivity contribution in [2.75, 3.05) is 0 Å². The summed E-state index contributed by atoms with van der Waals surface area (Å²) in [6.07, 6.45) is 8.46. The van der Waals surface area contributed by atoms with Crippen LogP contribution in [-0.4, -0.2) is 35.1 Å². The molecule has 6 aromatic rings. The fourth-order valence-electron chi connectivity index (χ4n) is 3.78. The molecule has 2 N–H and O–H groups in total. The molecule has 0 unspecified atom stereocenters. The summed E-state index contributed by atoms with van der Waals surface area (Å²) in [5, 5.41) is 7.62. The molecule has 0 spiro atoms. The number of halogens is 1. The van der Waals surface area contributed by atoms with Gasteiger partial charge in [0.15, 0.2) is 11.5 Å². The summed E-state index contributed by atoms with van der Waals surface area (Å²) >= 11 is 0. The van der Waals surface area contributed by atoms with E-state index >= 15 is 4.39 Å². The summed E-state index contributed by atoms with van der Waals surface area (Å²) in [4.78, 5) is 20.4. The lowest BCUT2D eigenvalue weighted by Crippen LogP contribution is -1.89. The van der Waals surface area contributed by atoms with Crippen LogP contribution in [0, 0.1) is 5.82 Å². The SMILES string of the molecule is Fc1c(-c2cccnc2)ccc2[nH]nc(-c3nc4nccc(-c5ccncc5)c4[nH]3)c12. The molecule has 0 saturated carbocycles. The molecule has 0 saturated heterocycles. The van der Waals surface area contributed by atoms with Gasteiger partial charge in [0.25, 0.3) is 0 Å². The maximum atomic E-state index is 15.6. The van der Waals surface area contributed by atoms with Crippen molar-refractivity contribution >= 4 is 22.1 Å². The van der Waals surface area contributed by atoms with E-state index < -0.39 is 0 Å². The fourth-order valence-corrected chi connectivity index (χ4v) is 3.78. The summed E-state index contributed by atoms with van der Waals surface area (Å²) in [5.74, 6) is 0.0644. The zero-order valence-electron chi connectivity index (χ0n) is 16.0. The number of hydrogen-bond acceptors (Lipinski definition) is 5. The van der Waals surface area contributed by atoms with Gasteiger partial charge in [-0.2, -0.15) is 5.10 Å². The summed E-state index contributed by atoms with van der Waals surface area (Å²) in [7, 11) is 0. The lowest BCUT2D eigenvalue weighted by atomic mass is 10.0. The van der Waals surface area contributed by atoms with Gasteiger partial charge in [-0.05, 0) is 42.0 Å². The van der Waals surface area contributed by atoms with Crippen LogP contribution in [0.1, 0.15) is 0 Å². The van der Waals surface area contributed by atoms with Crippen LogP contribution in [-0.2, 0) is 0 Å². The Kier molecular flexibility index (Phi) is 3.82. The number of rotatable bonds is 3. The molecule has 0 amide bonds. The zero-order chi connectivity index (χ0) is 20.8. The minimum atomic E-state index is -0.378. The molecule has 6 rings (SSSR count). The number of nitrogens with zero attached hydrogens (tertiary/aromatic N) is 5. The van der Waals surface area contributed by atoms with Gasteiger partial charge in [0, 0.05) is 47.7 Å². The monoisotopic (exact) mass is 407 g/mol. The summed E-state index contributed by atoms with van der Waals surface area (Å²) in [6.45, 7) is 0. The number of pyridine rings is 3. The summed E-state index contributed by atoms with van der Waals surface area (Å²) in [5.41, 5.74) is 5.33. The highest BCUT2D eigenvalue weighted by Gasteiger charge is 2.20. The first-order valence-electron chi connectivity index (χ1n) is 9.62. The molecular weight excluding hydrogens is 393 g/mol. The van der Waals surface area contributed by atoms with Crippen LogP contribution in [0.2, 0.25) is 0 Å². The first kappa shape index (κ1) is 17.4. The second-order valence-corrected chi connectivity index (χ2v) is 7.04. The maximum absolute atomic E-state index is 15.6. The van der Waals surface area contributed by atoms with Gasteiger partial charge in [-0.25, -0.2) is 14.4 Å². The number of H-pyrrole nitrogens is 2. The average Bonchev–Trinajstić information content (AvgIpc) is 3.45. The van der Waals surface area contributed by atoms with E-state index in [2.05, 4.69) is 35.1 Å². The van der Waals surface area contributed by atoms with Crippen molar-refractivity contribution in [3.8, 4) is 33.8 Å². The van der Waals surface area contributed by atoms with Crippen LogP contribution in [0.3, 0.4) is 0 Å². The smallest absolute Gasteiger partial charge is 0.178 e. The van der Waals surface area contributed by atoms with E-state index in [1.807, 2.05) is 24.3 Å². The molecule has 0 fully saturated rings. The van der Waals surface area contributed by atoms with Crippen molar-refractivity contribution in [3.05, 3.63) is 79.3 Å². The molecule has 31 heavy (non-hydrogen) atoms. The van der Waals surface area contributed by atoms with Gasteiger partial charge in [-0.15, -0.1) is 0 Å². The van der Waals surface area contributed by atoms with Crippen LogP contribution < -0.4 is 0 Å². The molecule has 7 nitrogen and oxygen atoms in total. The number of imidazole rings is 1. The number of aromatic nitrogens is 7. The van der Waals surface area contributed by atoms with E-state index in [0.717, 1.165) is 16.6 Å². The Balaban J connectivity index is 1.56. The number of fused-ring (bicyclic) bond motifs is 2. The lowest BCUT2D eigenvalue weighted by molar-refractivity contribution is 0.643. The molecule has 0 aliphatic carbocycles. The Morgan fingerprint density at radius 3 is 2.55 bits per heavy atom. The predicted molar refractivity (Wildman–Crippen MR) is 115 cm³/mol. The van der Waals surface area contributed by atoms with E-state index in [-0.39, 0.29) is 5.82 Å². The first-order chi connectivity index (χ1) is 15.3. The maximum Gasteiger partial charge on any atom is 0.178 e. The second-order valence-electron chi connectivity index (χ2n) is 7.04. The largest absolute Gasteiger partial charge is 0.335 e. The molecule has 0 radical (unpaired) electrons. The number of nitrogens with one attached hydrogen (secondary N) is 2. The Bertz CT molecular complexity index is 1540. The van der Waals surface area contributed by atoms with Gasteiger partial charge < -0.3 is 4.98 Å². The predicted octanol–water partition coefficient (Wildman–Crippen LogP) is 4.76. The van der Waals surface area contributed by atoms with Gasteiger partial charge in [0.05, 0.1) is 16.4 Å². The molecular formula is C23H14FN7. The third kappa shape index (κ3) is 2.77. The highest BCUT2D eigenvalue weighted by atomic mass is 19.1. The zero-order valence-corrected chi connectivity index (χ0v) is 16.0. The van der Waals surface area contributed by atoms with E-state index in [1.165, 1.54) is 0 Å². The van der Waals surface area contributed by atoms with E-state index in [0.29, 0.717) is 39.2 Å². The molecule has 148 valence electrons. The van der Waals surface area contributed by atoms with Crippen LogP contribution in [0.5, 0.6) is 0 Å². The lowest BCUT2D eigenvalue weighted by Gasteiger charge is -2.04. The van der Waals surface area contributed by atoms with Crippen molar-refractivity contribution in [2.45, 2.75) is 0 Å². The molecule has 0 aliphatic rings. The molecule has 8 heteroatoms. The van der Waals surface area contributed by atoms with E-state index in [1.54, 1.807) is 49.2 Å². The first-order valence-corrected chi connectivity index (χ1v) is 9.62. The van der Waals surface area contributed by atoms with Crippen LogP contribution in [0.4, 0.5) is 4.39 Å². The topological polar surface area (TPSA) is 96.0 Å². The molecule has 5 aromatic heterocycles. The number of hydrogen-bond donors (Lipinski definition) is 2. The fraction of sp³-hybridized carbons (Fsp3) is 0. The van der Waals surface area contributed by atoms with Crippen molar-refractivity contribution in [3.63, 3.8) is 0 Å². The molecule has 1 aromatic carbocycles. The van der Waals surface area contributed by atoms with Gasteiger partial charge in [-0.3, -0.25) is 15.1 Å². The van der Waals surface area contributed by atoms with Crippen LogP contribution >= 0.6 is 0 Å². The van der Waals surface area contributed by atoms with Gasteiger partial charge in [0.1, 0.15) is 11.5 Å². The van der Waals surface area contributed by atoms with Crippen molar-refractivity contribution in [1.29, 1.82) is 0 Å². The van der Waals surface area contributed by atoms with Crippen LogP contribution in [0.25, 0.3) is 55.8 Å². The average molecular weight is 407 g/mol. The number of aromatic amines is 2. The van der Waals surface area contributed by atoms with Crippen molar-refractivity contribution in [2.24, 2.45) is 0 Å². The Morgan fingerprint density at radius 1 is 0.806 bits per heavy atom. The van der Waals surface area contributed by atoms with Crippen molar-refractivity contribution < 1.29 is 4.39 Å². The summed E-state index contributed by atoms with van der Waals surface area (Å²) < 4.78 is 15.6. The van der Waals surface area contributed by atoms with Gasteiger partial charge in [-0.1, -0.05) is 6.07 Å². The summed E-state index contributed by atoms with van der Waals surface area (Å²) in [6, 6.07) is 12.9. The molecule has 5 heterocycles. The Labute approximate surface area is 175 Å². The Morgan fingerprint density at radius 2 is 1.71 bits per heavy atom. The standard InChI is InChI=1S/C23H14FN7/c24-19-15(14-2-1-8-26-12-14)3-4-17-18(19)21(31-30-17)23-28-20-16(7-11-27-22(20)29-23)13-5-9-25-10-6-13/h1-12H,(H,30,31)(H,27,28,29). The van der Waals surface area contributed by atoms with E-state index in [9.17, 15) is 0 Å². The molecule has 0 aliphatic heterocycles. The third-order valence-corrected chi connectivity index (χ3v) is 5.25. The highest BCUT2D eigenvalue weighted by Crippen LogP contribution is 2.34. The molecule has 0 bridgehead atoms. The van der Waals surface area contributed by atoms with Gasteiger partial charge in [0.2, 0.25) is 0 Å². The third-order valence-electron chi connectivity index (χ3n) is 5.25. The van der Waals surface area contributed by atoms with Gasteiger partial charge >= 0.3 is 0 Å². The Hall–Kier alpha value is -4.46. The minimum Gasteiger partial charge on any atom is -0.335 e. The highest BCUT2D eigenvalue weighted by molar-refractivity contribution is 5.97. The number of benzene rings is 1.